The van der Waals surface area contributed by atoms with Crippen LogP contribution in [0, 0.1) is 6.92 Å². The Balaban J connectivity index is 2.34. The van der Waals surface area contributed by atoms with Crippen molar-refractivity contribution in [2.45, 2.75) is 6.92 Å². The molecule has 0 atom stereocenters. The molecule has 0 radical (unpaired) electrons. The average Bonchev–Trinajstić information content (AvgIpc) is 2.32. The van der Waals surface area contributed by atoms with Gasteiger partial charge in [-0.25, -0.2) is 9.97 Å². The lowest BCUT2D eigenvalue weighted by Crippen LogP contribution is -1.88. The summed E-state index contributed by atoms with van der Waals surface area (Å²) < 4.78 is 0. The topological polar surface area (TPSA) is 38.1 Å². The molecule has 0 bridgehead atoms. The van der Waals surface area contributed by atoms with Crippen molar-refractivity contribution in [3.05, 3.63) is 42.2 Å². The normalized spacial score (nSPS) is 9.56. The molecule has 1 aromatic heterocycles. The maximum Gasteiger partial charge on any atom is 0.159 e. The average molecular weight is 227 g/mol. The molecule has 0 saturated heterocycles. The van der Waals surface area contributed by atoms with Crippen molar-refractivity contribution in [2.24, 2.45) is 4.99 Å². The van der Waals surface area contributed by atoms with Crippen LogP contribution in [0.1, 0.15) is 5.56 Å². The van der Waals surface area contributed by atoms with Gasteiger partial charge in [0, 0.05) is 18.0 Å². The zero-order valence-corrected chi connectivity index (χ0v) is 9.53. The molecule has 0 aliphatic rings. The fourth-order valence-electron chi connectivity index (χ4n) is 1.28. The van der Waals surface area contributed by atoms with Gasteiger partial charge in [-0.05, 0) is 49.0 Å². The zero-order valence-electron chi connectivity index (χ0n) is 8.71. The van der Waals surface area contributed by atoms with Crippen LogP contribution in [0.3, 0.4) is 0 Å². The lowest BCUT2D eigenvalue weighted by Gasteiger charge is -2.00. The summed E-state index contributed by atoms with van der Waals surface area (Å²) in [6, 6.07) is 7.54. The molecule has 3 nitrogen and oxygen atoms in total. The fourth-order valence-corrected chi connectivity index (χ4v) is 1.38. The Bertz CT molecular complexity index is 525. The zero-order chi connectivity index (χ0) is 11.4. The number of nitrogens with zero attached hydrogens (tertiary/aromatic N) is 3. The summed E-state index contributed by atoms with van der Waals surface area (Å²) >= 11 is 4.53. The van der Waals surface area contributed by atoms with Crippen LogP contribution in [0.5, 0.6) is 0 Å². The Hall–Kier alpha value is -1.90. The van der Waals surface area contributed by atoms with E-state index in [1.54, 1.807) is 12.4 Å². The van der Waals surface area contributed by atoms with E-state index in [4.69, 9.17) is 0 Å². The molecule has 16 heavy (non-hydrogen) atoms. The van der Waals surface area contributed by atoms with Gasteiger partial charge in [-0.1, -0.05) is 0 Å². The third-order valence-electron chi connectivity index (χ3n) is 2.08. The van der Waals surface area contributed by atoms with E-state index in [-0.39, 0.29) is 0 Å². The quantitative estimate of drug-likeness (QED) is 0.584. The van der Waals surface area contributed by atoms with Gasteiger partial charge in [0.2, 0.25) is 0 Å². The van der Waals surface area contributed by atoms with E-state index in [1.807, 2.05) is 31.2 Å². The first kappa shape index (κ1) is 10.6. The number of hydrogen-bond donors (Lipinski definition) is 0. The summed E-state index contributed by atoms with van der Waals surface area (Å²) in [6.07, 6.45) is 3.59. The van der Waals surface area contributed by atoms with Crippen molar-refractivity contribution in [1.82, 2.24) is 9.97 Å². The summed E-state index contributed by atoms with van der Waals surface area (Å²) in [5, 5.41) is 2.33. The predicted octanol–water partition coefficient (Wildman–Crippen LogP) is 3.19. The van der Waals surface area contributed by atoms with E-state index in [0.717, 1.165) is 16.8 Å². The second-order valence-corrected chi connectivity index (χ2v) is 3.52. The predicted molar refractivity (Wildman–Crippen MR) is 66.9 cm³/mol. The standard InChI is InChI=1S/C12H9N3S/c1-9-6-13-12(14-7-9)10-2-4-11(5-3-10)15-8-16/h2-7H,1H3. The highest BCUT2D eigenvalue weighted by Gasteiger charge is 1.99. The van der Waals surface area contributed by atoms with Gasteiger partial charge in [0.05, 0.1) is 10.8 Å². The maximum absolute atomic E-state index is 4.53. The van der Waals surface area contributed by atoms with E-state index in [0.29, 0.717) is 5.82 Å². The molecular weight excluding hydrogens is 218 g/mol. The first-order valence-corrected chi connectivity index (χ1v) is 5.17. The molecule has 0 fully saturated rings. The molecule has 0 unspecified atom stereocenters. The first-order chi connectivity index (χ1) is 7.79. The van der Waals surface area contributed by atoms with Crippen molar-refractivity contribution in [3.8, 4) is 11.4 Å². The van der Waals surface area contributed by atoms with E-state index in [1.165, 1.54) is 0 Å². The van der Waals surface area contributed by atoms with Crippen LogP contribution >= 0.6 is 12.2 Å². The molecule has 0 aliphatic carbocycles. The number of thiocarbonyl (C=S) groups is 1. The molecule has 2 rings (SSSR count). The van der Waals surface area contributed by atoms with Crippen LogP contribution in [-0.2, 0) is 0 Å². The SMILES string of the molecule is Cc1cnc(-c2ccc(N=C=S)cc2)nc1. The van der Waals surface area contributed by atoms with Crippen LogP contribution in [0.4, 0.5) is 5.69 Å². The Labute approximate surface area is 98.9 Å². The molecule has 1 aromatic carbocycles. The number of rotatable bonds is 2. The molecule has 2 aromatic rings. The van der Waals surface area contributed by atoms with Gasteiger partial charge in [0.25, 0.3) is 0 Å². The van der Waals surface area contributed by atoms with Crippen LogP contribution in [-0.4, -0.2) is 15.1 Å². The van der Waals surface area contributed by atoms with E-state index in [9.17, 15) is 0 Å². The highest BCUT2D eigenvalue weighted by molar-refractivity contribution is 7.78. The molecule has 0 N–H and O–H groups in total. The lowest BCUT2D eigenvalue weighted by atomic mass is 10.2. The number of isothiocyanates is 1. The van der Waals surface area contributed by atoms with Crippen LogP contribution in [0.25, 0.3) is 11.4 Å². The number of hydrogen-bond acceptors (Lipinski definition) is 4. The minimum absolute atomic E-state index is 0.712. The van der Waals surface area contributed by atoms with Crippen molar-refractivity contribution < 1.29 is 0 Å². The van der Waals surface area contributed by atoms with Crippen LogP contribution in [0.15, 0.2) is 41.7 Å². The van der Waals surface area contributed by atoms with Gasteiger partial charge in [0.15, 0.2) is 5.82 Å². The van der Waals surface area contributed by atoms with Gasteiger partial charge in [-0.3, -0.25) is 0 Å². The van der Waals surface area contributed by atoms with Gasteiger partial charge in [-0.15, -0.1) is 0 Å². The van der Waals surface area contributed by atoms with Crippen molar-refractivity contribution >= 4 is 23.1 Å². The van der Waals surface area contributed by atoms with E-state index in [2.05, 4.69) is 32.3 Å². The summed E-state index contributed by atoms with van der Waals surface area (Å²) in [5.41, 5.74) is 2.79. The Morgan fingerprint density at radius 2 is 1.75 bits per heavy atom. The van der Waals surface area contributed by atoms with Crippen LogP contribution < -0.4 is 0 Å². The first-order valence-electron chi connectivity index (χ1n) is 4.76. The summed E-state index contributed by atoms with van der Waals surface area (Å²) in [7, 11) is 0. The second kappa shape index (κ2) is 4.75. The number of benzene rings is 1. The molecule has 0 amide bonds. The summed E-state index contributed by atoms with van der Waals surface area (Å²) in [4.78, 5) is 12.4. The number of aliphatic imine (C=N–C) groups is 1. The van der Waals surface area contributed by atoms with Gasteiger partial charge < -0.3 is 0 Å². The Kier molecular flexibility index (Phi) is 3.15. The smallest absolute Gasteiger partial charge is 0.159 e. The van der Waals surface area contributed by atoms with E-state index < -0.39 is 0 Å². The van der Waals surface area contributed by atoms with Gasteiger partial charge in [-0.2, -0.15) is 4.99 Å². The highest BCUT2D eigenvalue weighted by Crippen LogP contribution is 2.18. The highest BCUT2D eigenvalue weighted by atomic mass is 32.1. The van der Waals surface area contributed by atoms with Gasteiger partial charge >= 0.3 is 0 Å². The Morgan fingerprint density at radius 3 is 2.31 bits per heavy atom. The molecule has 0 spiro atoms. The second-order valence-electron chi connectivity index (χ2n) is 3.33. The molecule has 0 aliphatic heterocycles. The summed E-state index contributed by atoms with van der Waals surface area (Å²) in [5.74, 6) is 0.712. The summed E-state index contributed by atoms with van der Waals surface area (Å²) in [6.45, 7) is 1.96. The molecule has 0 saturated carbocycles. The minimum Gasteiger partial charge on any atom is -0.236 e. The van der Waals surface area contributed by atoms with Crippen molar-refractivity contribution in [2.75, 3.05) is 0 Å². The molecule has 1 heterocycles. The maximum atomic E-state index is 4.53. The Morgan fingerprint density at radius 1 is 1.12 bits per heavy atom. The van der Waals surface area contributed by atoms with Crippen molar-refractivity contribution in [1.29, 1.82) is 0 Å². The minimum atomic E-state index is 0.712. The monoisotopic (exact) mass is 227 g/mol. The van der Waals surface area contributed by atoms with Crippen molar-refractivity contribution in [3.63, 3.8) is 0 Å². The molecule has 78 valence electrons. The number of aryl methyl sites for hydroxylation is 1. The van der Waals surface area contributed by atoms with Crippen LogP contribution in [0.2, 0.25) is 0 Å². The number of aromatic nitrogens is 2. The third-order valence-corrected chi connectivity index (χ3v) is 2.17. The van der Waals surface area contributed by atoms with Gasteiger partial charge in [0.1, 0.15) is 0 Å². The third kappa shape index (κ3) is 2.37. The largest absolute Gasteiger partial charge is 0.236 e. The van der Waals surface area contributed by atoms with E-state index >= 15 is 0 Å². The molecule has 4 heteroatoms. The molecular formula is C12H9N3S. The fraction of sp³-hybridized carbons (Fsp3) is 0.0833. The lowest BCUT2D eigenvalue weighted by molar-refractivity contribution is 1.14.